The third kappa shape index (κ3) is 5.22. The largest absolute Gasteiger partial charge is 0.480 e. The highest BCUT2D eigenvalue weighted by Gasteiger charge is 2.20. The van der Waals surface area contributed by atoms with Gasteiger partial charge in [0.2, 0.25) is 0 Å². The first kappa shape index (κ1) is 15.0. The predicted octanol–water partition coefficient (Wildman–Crippen LogP) is 2.40. The maximum absolute atomic E-state index is 10.5. The van der Waals surface area contributed by atoms with E-state index in [1.165, 1.54) is 17.7 Å². The van der Waals surface area contributed by atoms with Gasteiger partial charge in [0.15, 0.2) is 0 Å². The molecule has 2 rings (SSSR count). The first-order chi connectivity index (χ1) is 9.13. The summed E-state index contributed by atoms with van der Waals surface area (Å²) < 4.78 is 1.16. The molecule has 0 spiro atoms. The lowest BCUT2D eigenvalue weighted by Gasteiger charge is -2.32. The van der Waals surface area contributed by atoms with Crippen LogP contribution in [0.5, 0.6) is 0 Å². The van der Waals surface area contributed by atoms with Crippen molar-refractivity contribution in [2.75, 3.05) is 26.2 Å². The Morgan fingerprint density at radius 3 is 3.16 bits per heavy atom. The zero-order valence-electron chi connectivity index (χ0n) is 10.8. The van der Waals surface area contributed by atoms with Gasteiger partial charge in [-0.15, -0.1) is 11.3 Å². The van der Waals surface area contributed by atoms with Crippen LogP contribution in [0.2, 0.25) is 0 Å². The summed E-state index contributed by atoms with van der Waals surface area (Å²) in [6.45, 7) is 4.07. The van der Waals surface area contributed by atoms with Crippen molar-refractivity contribution in [3.05, 3.63) is 20.8 Å². The van der Waals surface area contributed by atoms with Crippen LogP contribution in [-0.2, 0) is 11.3 Å². The van der Waals surface area contributed by atoms with Gasteiger partial charge in [0.25, 0.3) is 0 Å². The number of carboxylic acid groups (broad SMARTS) is 1. The second-order valence-corrected chi connectivity index (χ2v) is 6.91. The Balaban J connectivity index is 1.75. The van der Waals surface area contributed by atoms with Crippen molar-refractivity contribution in [1.29, 1.82) is 0 Å². The minimum atomic E-state index is -0.781. The number of hydrogen-bond acceptors (Lipinski definition) is 4. The smallest absolute Gasteiger partial charge is 0.317 e. The van der Waals surface area contributed by atoms with Crippen molar-refractivity contribution in [2.45, 2.75) is 19.4 Å². The van der Waals surface area contributed by atoms with E-state index in [0.717, 1.165) is 30.7 Å². The van der Waals surface area contributed by atoms with Gasteiger partial charge >= 0.3 is 5.97 Å². The van der Waals surface area contributed by atoms with E-state index in [-0.39, 0.29) is 6.54 Å². The fourth-order valence-corrected chi connectivity index (χ4v) is 3.99. The van der Waals surface area contributed by atoms with E-state index in [4.69, 9.17) is 5.11 Å². The Morgan fingerprint density at radius 2 is 2.47 bits per heavy atom. The summed E-state index contributed by atoms with van der Waals surface area (Å²) in [5, 5.41) is 13.7. The van der Waals surface area contributed by atoms with Crippen molar-refractivity contribution in [3.8, 4) is 0 Å². The van der Waals surface area contributed by atoms with Gasteiger partial charge in [-0.2, -0.15) is 0 Å². The summed E-state index contributed by atoms with van der Waals surface area (Å²) >= 11 is 5.27. The van der Waals surface area contributed by atoms with Crippen LogP contribution in [0.1, 0.15) is 17.7 Å². The molecule has 1 aromatic heterocycles. The SMILES string of the molecule is O=C(O)CNCC1CCCN(Cc2cc(Br)cs2)C1. The molecule has 6 heteroatoms. The number of halogens is 1. The van der Waals surface area contributed by atoms with Crippen molar-refractivity contribution in [2.24, 2.45) is 5.92 Å². The van der Waals surface area contributed by atoms with Gasteiger partial charge in [0, 0.05) is 27.8 Å². The van der Waals surface area contributed by atoms with Crippen LogP contribution >= 0.6 is 27.3 Å². The van der Waals surface area contributed by atoms with Gasteiger partial charge in [0.05, 0.1) is 6.54 Å². The number of aliphatic carboxylic acids is 1. The summed E-state index contributed by atoms with van der Waals surface area (Å²) in [7, 11) is 0. The number of nitrogens with zero attached hydrogens (tertiary/aromatic N) is 1. The number of nitrogens with one attached hydrogen (secondary N) is 1. The molecule has 2 N–H and O–H groups in total. The molecule has 1 aliphatic heterocycles. The molecule has 2 heterocycles. The lowest BCUT2D eigenvalue weighted by molar-refractivity contribution is -0.136. The molecule has 1 unspecified atom stereocenters. The lowest BCUT2D eigenvalue weighted by Crippen LogP contribution is -2.40. The normalized spacial score (nSPS) is 20.6. The number of hydrogen-bond donors (Lipinski definition) is 2. The van der Waals surface area contributed by atoms with Crippen LogP contribution < -0.4 is 5.32 Å². The Morgan fingerprint density at radius 1 is 1.63 bits per heavy atom. The third-order valence-electron chi connectivity index (χ3n) is 3.31. The first-order valence-electron chi connectivity index (χ1n) is 6.51. The Hall–Kier alpha value is -0.430. The van der Waals surface area contributed by atoms with Crippen molar-refractivity contribution in [1.82, 2.24) is 10.2 Å². The fraction of sp³-hybridized carbons (Fsp3) is 0.615. The summed E-state index contributed by atoms with van der Waals surface area (Å²) in [6.07, 6.45) is 2.39. The second-order valence-electron chi connectivity index (χ2n) is 5.00. The monoisotopic (exact) mass is 346 g/mol. The highest BCUT2D eigenvalue weighted by molar-refractivity contribution is 9.10. The molecule has 1 aromatic rings. The number of thiophene rings is 1. The highest BCUT2D eigenvalue weighted by Crippen LogP contribution is 2.23. The fourth-order valence-electron chi connectivity index (χ4n) is 2.50. The van der Waals surface area contributed by atoms with Gasteiger partial charge in [-0.1, -0.05) is 0 Å². The average molecular weight is 347 g/mol. The molecular weight excluding hydrogens is 328 g/mol. The summed E-state index contributed by atoms with van der Waals surface area (Å²) in [4.78, 5) is 14.3. The van der Waals surface area contributed by atoms with E-state index in [0.29, 0.717) is 5.92 Å². The molecule has 1 aliphatic rings. The maximum atomic E-state index is 10.5. The minimum Gasteiger partial charge on any atom is -0.480 e. The highest BCUT2D eigenvalue weighted by atomic mass is 79.9. The van der Waals surface area contributed by atoms with Gasteiger partial charge in [-0.25, -0.2) is 0 Å². The number of piperidine rings is 1. The van der Waals surface area contributed by atoms with E-state index in [1.807, 2.05) is 0 Å². The lowest BCUT2D eigenvalue weighted by atomic mass is 9.98. The molecule has 0 amide bonds. The summed E-state index contributed by atoms with van der Waals surface area (Å²) in [5.74, 6) is -0.215. The van der Waals surface area contributed by atoms with Crippen LogP contribution in [0.4, 0.5) is 0 Å². The van der Waals surface area contributed by atoms with E-state index in [2.05, 4.69) is 37.6 Å². The van der Waals surface area contributed by atoms with Crippen LogP contribution in [0.3, 0.4) is 0 Å². The van der Waals surface area contributed by atoms with Crippen molar-refractivity contribution < 1.29 is 9.90 Å². The van der Waals surface area contributed by atoms with Crippen LogP contribution in [-0.4, -0.2) is 42.2 Å². The average Bonchev–Trinajstić information content (AvgIpc) is 2.75. The number of likely N-dealkylation sites (tertiary alicyclic amines) is 1. The topological polar surface area (TPSA) is 52.6 Å². The molecule has 106 valence electrons. The molecule has 19 heavy (non-hydrogen) atoms. The van der Waals surface area contributed by atoms with Crippen molar-refractivity contribution in [3.63, 3.8) is 0 Å². The summed E-state index contributed by atoms with van der Waals surface area (Å²) in [6, 6.07) is 2.18. The van der Waals surface area contributed by atoms with Gasteiger partial charge in [-0.05, 0) is 53.8 Å². The Bertz CT molecular complexity index is 425. The van der Waals surface area contributed by atoms with E-state index < -0.39 is 5.97 Å². The number of carboxylic acids is 1. The quantitative estimate of drug-likeness (QED) is 0.830. The molecule has 1 fully saturated rings. The summed E-state index contributed by atoms with van der Waals surface area (Å²) in [5.41, 5.74) is 0. The molecule has 0 saturated carbocycles. The van der Waals surface area contributed by atoms with Gasteiger partial charge < -0.3 is 10.4 Å². The molecule has 4 nitrogen and oxygen atoms in total. The molecule has 0 aromatic carbocycles. The molecule has 1 saturated heterocycles. The predicted molar refractivity (Wildman–Crippen MR) is 80.5 cm³/mol. The molecule has 1 atom stereocenters. The van der Waals surface area contributed by atoms with Gasteiger partial charge in [0.1, 0.15) is 0 Å². The number of carbonyl (C=O) groups is 1. The Kier molecular flexibility index (Phi) is 5.81. The zero-order chi connectivity index (χ0) is 13.7. The number of rotatable bonds is 6. The van der Waals surface area contributed by atoms with Crippen molar-refractivity contribution >= 4 is 33.2 Å². The standard InChI is InChI=1S/C13H19BrN2O2S/c14-11-4-12(19-9-11)8-16-3-1-2-10(7-16)5-15-6-13(17)18/h4,9-10,15H,1-3,5-8H2,(H,17,18). The van der Waals surface area contributed by atoms with Gasteiger partial charge in [-0.3, -0.25) is 9.69 Å². The maximum Gasteiger partial charge on any atom is 0.317 e. The minimum absolute atomic E-state index is 0.0639. The molecule has 0 bridgehead atoms. The zero-order valence-corrected chi connectivity index (χ0v) is 13.2. The first-order valence-corrected chi connectivity index (χ1v) is 8.18. The van der Waals surface area contributed by atoms with Crippen LogP contribution in [0.15, 0.2) is 15.9 Å². The van der Waals surface area contributed by atoms with Crippen LogP contribution in [0.25, 0.3) is 0 Å². The second kappa shape index (κ2) is 7.38. The Labute approximate surface area is 125 Å². The molecule has 0 aliphatic carbocycles. The molecule has 0 radical (unpaired) electrons. The van der Waals surface area contributed by atoms with E-state index in [9.17, 15) is 4.79 Å². The van der Waals surface area contributed by atoms with E-state index >= 15 is 0 Å². The molecular formula is C13H19BrN2O2S. The third-order valence-corrected chi connectivity index (χ3v) is 5.00. The van der Waals surface area contributed by atoms with E-state index in [1.54, 1.807) is 11.3 Å². The van der Waals surface area contributed by atoms with Crippen LogP contribution in [0, 0.1) is 5.92 Å².